The average Bonchev–Trinajstić information content (AvgIpc) is 3.17. The van der Waals surface area contributed by atoms with E-state index in [4.69, 9.17) is 4.98 Å². The predicted octanol–water partition coefficient (Wildman–Crippen LogP) is 5.44. The van der Waals surface area contributed by atoms with Crippen molar-refractivity contribution >= 4 is 44.9 Å². The minimum Gasteiger partial charge on any atom is -0.325 e. The van der Waals surface area contributed by atoms with E-state index in [0.717, 1.165) is 35.3 Å². The number of amides is 1. The van der Waals surface area contributed by atoms with Crippen molar-refractivity contribution in [2.24, 2.45) is 5.92 Å². The Hall–Kier alpha value is -2.97. The van der Waals surface area contributed by atoms with Gasteiger partial charge in [0.1, 0.15) is 10.6 Å². The van der Waals surface area contributed by atoms with Gasteiger partial charge >= 0.3 is 0 Å². The van der Waals surface area contributed by atoms with Gasteiger partial charge in [0, 0.05) is 10.6 Å². The minimum atomic E-state index is -0.361. The van der Waals surface area contributed by atoms with E-state index in [1.54, 1.807) is 15.9 Å². The van der Waals surface area contributed by atoms with Crippen LogP contribution in [0.25, 0.3) is 15.9 Å². The second-order valence-corrected chi connectivity index (χ2v) is 10.3. The van der Waals surface area contributed by atoms with Gasteiger partial charge in [0.2, 0.25) is 5.91 Å². The molecule has 2 aromatic heterocycles. The molecule has 0 bridgehead atoms. The number of aromatic nitrogens is 2. The number of thioether (sulfide) groups is 1. The maximum absolute atomic E-state index is 13.7. The summed E-state index contributed by atoms with van der Waals surface area (Å²) in [7, 11) is 0. The van der Waals surface area contributed by atoms with Crippen molar-refractivity contribution in [3.8, 4) is 5.69 Å². The van der Waals surface area contributed by atoms with Gasteiger partial charge in [-0.05, 0) is 67.1 Å². The summed E-state index contributed by atoms with van der Waals surface area (Å²) in [5.74, 6) is 0.0650. The quantitative estimate of drug-likeness (QED) is 0.306. The van der Waals surface area contributed by atoms with Crippen LogP contribution in [0.1, 0.15) is 23.8 Å². The molecule has 33 heavy (non-hydrogen) atoms. The van der Waals surface area contributed by atoms with E-state index in [0.29, 0.717) is 22.1 Å². The van der Waals surface area contributed by atoms with Crippen LogP contribution in [0.5, 0.6) is 0 Å². The lowest BCUT2D eigenvalue weighted by atomic mass is 9.89. The SMILES string of the molecule is C[C@@H]1CCc2c(sc3nc(SCC(=O)Nc4ccc(F)cc4)n(-c4ccccc4)c(=O)c23)C1. The molecule has 2 heterocycles. The fraction of sp³-hybridized carbons (Fsp3) is 0.240. The summed E-state index contributed by atoms with van der Waals surface area (Å²) >= 11 is 2.82. The molecule has 2 aromatic carbocycles. The number of nitrogens with zero attached hydrogens (tertiary/aromatic N) is 2. The minimum absolute atomic E-state index is 0.0737. The van der Waals surface area contributed by atoms with Crippen LogP contribution in [0.15, 0.2) is 64.5 Å². The third-order valence-electron chi connectivity index (χ3n) is 5.77. The number of nitrogens with one attached hydrogen (secondary N) is 1. The number of hydrogen-bond donors (Lipinski definition) is 1. The van der Waals surface area contributed by atoms with Gasteiger partial charge < -0.3 is 5.32 Å². The van der Waals surface area contributed by atoms with E-state index < -0.39 is 0 Å². The standard InChI is InChI=1S/C25H22FN3O2S2/c1-15-7-12-19-20(13-15)33-23-22(19)24(31)29(18-5-3-2-4-6-18)25(28-23)32-14-21(30)27-17-10-8-16(26)9-11-17/h2-6,8-11,15H,7,12-14H2,1H3,(H,27,30)/t15-/m1/s1. The number of rotatable bonds is 5. The third-order valence-corrected chi connectivity index (χ3v) is 7.86. The molecule has 5 rings (SSSR count). The number of benzene rings is 2. The lowest BCUT2D eigenvalue weighted by Gasteiger charge is -2.17. The lowest BCUT2D eigenvalue weighted by Crippen LogP contribution is -2.23. The van der Waals surface area contributed by atoms with Gasteiger partial charge in [0.05, 0.1) is 16.8 Å². The first-order valence-electron chi connectivity index (χ1n) is 10.8. The van der Waals surface area contributed by atoms with E-state index in [1.807, 2.05) is 30.3 Å². The molecular formula is C25H22FN3O2S2. The average molecular weight is 480 g/mol. The van der Waals surface area contributed by atoms with Crippen LogP contribution in [-0.4, -0.2) is 21.2 Å². The van der Waals surface area contributed by atoms with Crippen molar-refractivity contribution < 1.29 is 9.18 Å². The van der Waals surface area contributed by atoms with Crippen LogP contribution in [0.2, 0.25) is 0 Å². The van der Waals surface area contributed by atoms with Gasteiger partial charge in [-0.2, -0.15) is 0 Å². The van der Waals surface area contributed by atoms with E-state index in [-0.39, 0.29) is 23.0 Å². The summed E-state index contributed by atoms with van der Waals surface area (Å²) < 4.78 is 14.7. The fourth-order valence-electron chi connectivity index (χ4n) is 4.13. The molecule has 0 fully saturated rings. The molecule has 0 spiro atoms. The zero-order chi connectivity index (χ0) is 22.9. The summed E-state index contributed by atoms with van der Waals surface area (Å²) in [5.41, 5.74) is 2.30. The molecule has 1 aliphatic rings. The second kappa shape index (κ2) is 9.11. The summed E-state index contributed by atoms with van der Waals surface area (Å²) in [4.78, 5) is 33.1. The largest absolute Gasteiger partial charge is 0.325 e. The highest BCUT2D eigenvalue weighted by Crippen LogP contribution is 2.37. The summed E-state index contributed by atoms with van der Waals surface area (Å²) in [6.07, 6.45) is 2.95. The maximum atomic E-state index is 13.7. The Morgan fingerprint density at radius 3 is 2.73 bits per heavy atom. The monoisotopic (exact) mass is 479 g/mol. The maximum Gasteiger partial charge on any atom is 0.267 e. The number of para-hydroxylation sites is 1. The van der Waals surface area contributed by atoms with Gasteiger partial charge in [-0.25, -0.2) is 9.37 Å². The first-order valence-corrected chi connectivity index (χ1v) is 12.6. The van der Waals surface area contributed by atoms with E-state index in [2.05, 4.69) is 12.2 Å². The number of aryl methyl sites for hydroxylation is 1. The van der Waals surface area contributed by atoms with Crippen molar-refractivity contribution in [3.05, 3.63) is 81.2 Å². The molecule has 0 radical (unpaired) electrons. The topological polar surface area (TPSA) is 64.0 Å². The third kappa shape index (κ3) is 4.45. The van der Waals surface area contributed by atoms with E-state index in [1.165, 1.54) is 40.9 Å². The number of carbonyl (C=O) groups excluding carboxylic acids is 1. The molecule has 0 saturated carbocycles. The molecular weight excluding hydrogens is 457 g/mol. The smallest absolute Gasteiger partial charge is 0.267 e. The Morgan fingerprint density at radius 1 is 1.21 bits per heavy atom. The Morgan fingerprint density at radius 2 is 1.97 bits per heavy atom. The van der Waals surface area contributed by atoms with Crippen LogP contribution in [-0.2, 0) is 17.6 Å². The molecule has 0 unspecified atom stereocenters. The van der Waals surface area contributed by atoms with Crippen LogP contribution in [0.4, 0.5) is 10.1 Å². The van der Waals surface area contributed by atoms with Gasteiger partial charge in [-0.15, -0.1) is 11.3 Å². The Bertz CT molecular complexity index is 1380. The van der Waals surface area contributed by atoms with E-state index >= 15 is 0 Å². The molecule has 1 atom stereocenters. The summed E-state index contributed by atoms with van der Waals surface area (Å²) in [6, 6.07) is 15.0. The number of fused-ring (bicyclic) bond motifs is 3. The van der Waals surface area contributed by atoms with E-state index in [9.17, 15) is 14.0 Å². The molecule has 0 saturated heterocycles. The lowest BCUT2D eigenvalue weighted by molar-refractivity contribution is -0.113. The molecule has 1 aliphatic carbocycles. The zero-order valence-electron chi connectivity index (χ0n) is 18.0. The normalized spacial score (nSPS) is 15.4. The summed E-state index contributed by atoms with van der Waals surface area (Å²) in [6.45, 7) is 2.24. The van der Waals surface area contributed by atoms with Crippen molar-refractivity contribution in [1.82, 2.24) is 9.55 Å². The number of carbonyl (C=O) groups is 1. The number of thiophene rings is 1. The highest BCUT2D eigenvalue weighted by atomic mass is 32.2. The molecule has 0 aliphatic heterocycles. The van der Waals surface area contributed by atoms with Crippen LogP contribution in [0, 0.1) is 11.7 Å². The fourth-order valence-corrected chi connectivity index (χ4v) is 6.37. The molecule has 1 N–H and O–H groups in total. The van der Waals surface area contributed by atoms with Gasteiger partial charge in [0.25, 0.3) is 5.56 Å². The van der Waals surface area contributed by atoms with Gasteiger partial charge in [-0.1, -0.05) is 36.9 Å². The van der Waals surface area contributed by atoms with Crippen molar-refractivity contribution in [3.63, 3.8) is 0 Å². The number of hydrogen-bond acceptors (Lipinski definition) is 5. The van der Waals surface area contributed by atoms with Gasteiger partial charge in [-0.3, -0.25) is 14.2 Å². The van der Waals surface area contributed by atoms with Crippen LogP contribution < -0.4 is 10.9 Å². The summed E-state index contributed by atoms with van der Waals surface area (Å²) in [5, 5.41) is 3.96. The van der Waals surface area contributed by atoms with Crippen LogP contribution >= 0.6 is 23.1 Å². The molecule has 1 amide bonds. The van der Waals surface area contributed by atoms with Crippen LogP contribution in [0.3, 0.4) is 0 Å². The predicted molar refractivity (Wildman–Crippen MR) is 132 cm³/mol. The second-order valence-electron chi connectivity index (χ2n) is 8.25. The highest BCUT2D eigenvalue weighted by Gasteiger charge is 2.25. The zero-order valence-corrected chi connectivity index (χ0v) is 19.6. The Balaban J connectivity index is 1.51. The Labute approximate surface area is 198 Å². The first kappa shape index (κ1) is 21.9. The van der Waals surface area contributed by atoms with Crippen molar-refractivity contribution in [2.45, 2.75) is 31.3 Å². The molecule has 168 valence electrons. The number of halogens is 1. The van der Waals surface area contributed by atoms with Crippen molar-refractivity contribution in [1.29, 1.82) is 0 Å². The highest BCUT2D eigenvalue weighted by molar-refractivity contribution is 7.99. The molecule has 5 nitrogen and oxygen atoms in total. The molecule has 8 heteroatoms. The first-order chi connectivity index (χ1) is 16.0. The molecule has 4 aromatic rings. The van der Waals surface area contributed by atoms with Crippen molar-refractivity contribution in [2.75, 3.05) is 11.1 Å². The number of anilines is 1. The Kier molecular flexibility index (Phi) is 6.03. The van der Waals surface area contributed by atoms with Gasteiger partial charge in [0.15, 0.2) is 5.16 Å².